The normalized spacial score (nSPS) is 15.0. The number of sulfone groups is 1. The molecule has 0 unspecified atom stereocenters. The molecule has 4 rings (SSSR count). The number of halogens is 1. The second-order valence-corrected chi connectivity index (χ2v) is 8.55. The number of carbonyl (C=O) groups excluding carboxylic acids is 1. The average Bonchev–Trinajstić information content (AvgIpc) is 3.25. The smallest absolute Gasteiger partial charge is 0.276 e. The maximum Gasteiger partial charge on any atom is 0.276 e. The minimum atomic E-state index is -3.51. The molecule has 0 N–H and O–H groups in total. The quantitative estimate of drug-likeness (QED) is 0.677. The fraction of sp³-hybridized carbons (Fsp3) is 0.176. The van der Waals surface area contributed by atoms with Gasteiger partial charge in [0, 0.05) is 24.2 Å². The number of aromatic nitrogens is 1. The lowest BCUT2D eigenvalue weighted by molar-refractivity contribution is 0.0648. The summed E-state index contributed by atoms with van der Waals surface area (Å²) in [6.45, 7) is 0.208. The zero-order chi connectivity index (χ0) is 18.3. The van der Waals surface area contributed by atoms with Crippen LogP contribution < -0.4 is 0 Å². The lowest BCUT2D eigenvalue weighted by Crippen LogP contribution is -2.56. The molecule has 3 aromatic rings. The summed E-state index contributed by atoms with van der Waals surface area (Å²) in [4.78, 5) is 14.0. The second kappa shape index (κ2) is 6.30. The highest BCUT2D eigenvalue weighted by atomic mass is 35.5. The first-order valence-electron chi connectivity index (χ1n) is 7.74. The molecule has 0 saturated carbocycles. The molecule has 1 aromatic carbocycles. The van der Waals surface area contributed by atoms with Crippen molar-refractivity contribution < 1.29 is 22.2 Å². The van der Waals surface area contributed by atoms with Gasteiger partial charge in [0.1, 0.15) is 5.25 Å². The number of hydrogen-bond acceptors (Lipinski definition) is 6. The van der Waals surface area contributed by atoms with Gasteiger partial charge < -0.3 is 13.8 Å². The molecule has 0 bridgehead atoms. The predicted molar refractivity (Wildman–Crippen MR) is 92.5 cm³/mol. The van der Waals surface area contributed by atoms with Gasteiger partial charge in [-0.25, -0.2) is 8.42 Å². The molecule has 0 aliphatic carbocycles. The molecule has 0 spiro atoms. The number of nitrogens with zero attached hydrogens (tertiary/aromatic N) is 2. The van der Waals surface area contributed by atoms with Crippen LogP contribution in [0.3, 0.4) is 0 Å². The van der Waals surface area contributed by atoms with Gasteiger partial charge in [-0.15, -0.1) is 0 Å². The van der Waals surface area contributed by atoms with E-state index in [9.17, 15) is 13.2 Å². The van der Waals surface area contributed by atoms with E-state index in [4.69, 9.17) is 20.5 Å². The average molecular weight is 393 g/mol. The summed E-state index contributed by atoms with van der Waals surface area (Å²) in [5.41, 5.74) is 0.110. The molecule has 1 aliphatic heterocycles. The summed E-state index contributed by atoms with van der Waals surface area (Å²) in [6.07, 6.45) is 1.49. The Morgan fingerprint density at radius 3 is 2.54 bits per heavy atom. The molecule has 2 aromatic heterocycles. The number of hydrogen-bond donors (Lipinski definition) is 0. The fourth-order valence-corrected chi connectivity index (χ4v) is 4.47. The van der Waals surface area contributed by atoms with Crippen molar-refractivity contribution in [2.45, 2.75) is 10.1 Å². The molecule has 1 fully saturated rings. The predicted octanol–water partition coefficient (Wildman–Crippen LogP) is 2.89. The summed E-state index contributed by atoms with van der Waals surface area (Å²) in [7, 11) is -3.51. The van der Waals surface area contributed by atoms with E-state index in [-0.39, 0.29) is 29.6 Å². The first kappa shape index (κ1) is 16.9. The Morgan fingerprint density at radius 2 is 1.88 bits per heavy atom. The minimum absolute atomic E-state index is 0.104. The molecule has 1 aliphatic rings. The first-order valence-corrected chi connectivity index (χ1v) is 9.67. The van der Waals surface area contributed by atoms with Crippen molar-refractivity contribution in [3.05, 3.63) is 59.4 Å². The molecule has 0 radical (unpaired) electrons. The van der Waals surface area contributed by atoms with Gasteiger partial charge in [-0.3, -0.25) is 4.79 Å². The van der Waals surface area contributed by atoms with E-state index in [1.807, 2.05) is 0 Å². The van der Waals surface area contributed by atoms with Gasteiger partial charge in [-0.1, -0.05) is 16.8 Å². The molecular weight excluding hydrogens is 380 g/mol. The molecule has 0 atom stereocenters. The van der Waals surface area contributed by atoms with Crippen LogP contribution in [0.2, 0.25) is 5.02 Å². The number of furan rings is 1. The summed E-state index contributed by atoms with van der Waals surface area (Å²) < 4.78 is 35.4. The Balaban J connectivity index is 1.44. The SMILES string of the molecule is O=C(c1cc(-c2ccco2)on1)N1CC(S(=O)(=O)c2ccc(Cl)cc2)C1. The van der Waals surface area contributed by atoms with E-state index >= 15 is 0 Å². The van der Waals surface area contributed by atoms with Crippen LogP contribution in [0.5, 0.6) is 0 Å². The van der Waals surface area contributed by atoms with Crippen LogP contribution in [-0.2, 0) is 9.84 Å². The van der Waals surface area contributed by atoms with E-state index in [1.165, 1.54) is 41.5 Å². The lowest BCUT2D eigenvalue weighted by Gasteiger charge is -2.38. The van der Waals surface area contributed by atoms with Crippen molar-refractivity contribution in [3.63, 3.8) is 0 Å². The highest BCUT2D eigenvalue weighted by Crippen LogP contribution is 2.27. The van der Waals surface area contributed by atoms with E-state index < -0.39 is 15.1 Å². The molecule has 3 heterocycles. The standard InChI is InChI=1S/C17H13ClN2O5S/c18-11-3-5-12(6-4-11)26(22,23)13-9-20(10-13)17(21)14-8-16(25-19-14)15-2-1-7-24-15/h1-8,13H,9-10H2. The van der Waals surface area contributed by atoms with Crippen LogP contribution in [0, 0.1) is 0 Å². The van der Waals surface area contributed by atoms with Gasteiger partial charge in [0.2, 0.25) is 5.76 Å². The highest BCUT2D eigenvalue weighted by Gasteiger charge is 2.41. The molecule has 9 heteroatoms. The highest BCUT2D eigenvalue weighted by molar-refractivity contribution is 7.92. The zero-order valence-electron chi connectivity index (χ0n) is 13.3. The number of carbonyl (C=O) groups is 1. The second-order valence-electron chi connectivity index (χ2n) is 5.88. The Kier molecular flexibility index (Phi) is 4.08. The van der Waals surface area contributed by atoms with Gasteiger partial charge in [-0.2, -0.15) is 0 Å². The lowest BCUT2D eigenvalue weighted by atomic mass is 10.2. The van der Waals surface area contributed by atoms with Crippen molar-refractivity contribution in [1.82, 2.24) is 10.1 Å². The number of rotatable bonds is 4. The van der Waals surface area contributed by atoms with Crippen molar-refractivity contribution >= 4 is 27.3 Å². The molecule has 7 nitrogen and oxygen atoms in total. The summed E-state index contributed by atoms with van der Waals surface area (Å²) in [5, 5.41) is 3.56. The monoisotopic (exact) mass is 392 g/mol. The molecule has 1 amide bonds. The molecule has 26 heavy (non-hydrogen) atoms. The number of amides is 1. The van der Waals surface area contributed by atoms with E-state index in [1.54, 1.807) is 12.1 Å². The third-order valence-electron chi connectivity index (χ3n) is 4.21. The van der Waals surface area contributed by atoms with Gasteiger partial charge in [0.25, 0.3) is 5.91 Å². The van der Waals surface area contributed by atoms with Crippen molar-refractivity contribution in [1.29, 1.82) is 0 Å². The Labute approximate surface area is 154 Å². The van der Waals surface area contributed by atoms with Gasteiger partial charge in [-0.05, 0) is 36.4 Å². The molecule has 1 saturated heterocycles. The van der Waals surface area contributed by atoms with E-state index in [2.05, 4.69) is 5.16 Å². The van der Waals surface area contributed by atoms with Crippen LogP contribution in [0.25, 0.3) is 11.5 Å². The van der Waals surface area contributed by atoms with Gasteiger partial charge in [0.05, 0.1) is 11.2 Å². The number of likely N-dealkylation sites (tertiary alicyclic amines) is 1. The largest absolute Gasteiger partial charge is 0.461 e. The Hall–Kier alpha value is -2.58. The van der Waals surface area contributed by atoms with E-state index in [0.29, 0.717) is 16.5 Å². The zero-order valence-corrected chi connectivity index (χ0v) is 14.9. The number of benzene rings is 1. The van der Waals surface area contributed by atoms with Crippen molar-refractivity contribution in [3.8, 4) is 11.5 Å². The van der Waals surface area contributed by atoms with Gasteiger partial charge >= 0.3 is 0 Å². The summed E-state index contributed by atoms with van der Waals surface area (Å²) in [6, 6.07) is 10.9. The van der Waals surface area contributed by atoms with Crippen LogP contribution in [0.4, 0.5) is 0 Å². The Morgan fingerprint density at radius 1 is 1.15 bits per heavy atom. The summed E-state index contributed by atoms with van der Waals surface area (Å²) in [5.74, 6) is 0.418. The third-order valence-corrected chi connectivity index (χ3v) is 6.57. The van der Waals surface area contributed by atoms with Crippen molar-refractivity contribution in [2.75, 3.05) is 13.1 Å². The van der Waals surface area contributed by atoms with Gasteiger partial charge in [0.15, 0.2) is 21.3 Å². The van der Waals surface area contributed by atoms with Crippen LogP contribution in [0.1, 0.15) is 10.5 Å². The maximum atomic E-state index is 12.6. The summed E-state index contributed by atoms with van der Waals surface area (Å²) >= 11 is 5.79. The maximum absolute atomic E-state index is 12.6. The molecule has 134 valence electrons. The minimum Gasteiger partial charge on any atom is -0.461 e. The van der Waals surface area contributed by atoms with Crippen LogP contribution in [-0.4, -0.2) is 42.7 Å². The van der Waals surface area contributed by atoms with Crippen molar-refractivity contribution in [2.24, 2.45) is 0 Å². The van der Waals surface area contributed by atoms with E-state index in [0.717, 1.165) is 0 Å². The van der Waals surface area contributed by atoms with Crippen LogP contribution >= 0.6 is 11.6 Å². The first-order chi connectivity index (χ1) is 12.4. The third kappa shape index (κ3) is 2.91. The fourth-order valence-electron chi connectivity index (χ4n) is 2.69. The Bertz CT molecular complexity index is 1040. The molecular formula is C17H13ClN2O5S. The van der Waals surface area contributed by atoms with Crippen LogP contribution in [0.15, 0.2) is 62.6 Å². The topological polar surface area (TPSA) is 93.6 Å².